The summed E-state index contributed by atoms with van der Waals surface area (Å²) in [6, 6.07) is 21.0. The molecule has 0 atom stereocenters. The molecule has 8 heteroatoms. The van der Waals surface area contributed by atoms with E-state index in [-0.39, 0.29) is 11.5 Å². The van der Waals surface area contributed by atoms with E-state index in [1.54, 1.807) is 48.5 Å². The summed E-state index contributed by atoms with van der Waals surface area (Å²) >= 11 is 0. The van der Waals surface area contributed by atoms with Gasteiger partial charge in [0.25, 0.3) is 5.91 Å². The minimum absolute atomic E-state index is 0.0871. The molecule has 0 aliphatic carbocycles. The number of rotatable bonds is 9. The van der Waals surface area contributed by atoms with Gasteiger partial charge in [-0.15, -0.1) is 0 Å². The normalized spacial score (nSPS) is 10.7. The molecule has 0 saturated carbocycles. The number of anilines is 2. The van der Waals surface area contributed by atoms with Crippen LogP contribution in [0.5, 0.6) is 11.5 Å². The van der Waals surface area contributed by atoms with E-state index in [4.69, 9.17) is 9.47 Å². The van der Waals surface area contributed by atoms with Gasteiger partial charge in [-0.3, -0.25) is 9.59 Å². The average Bonchev–Trinajstić information content (AvgIpc) is 2.83. The number of carbonyl (C=O) groups is 2. The third-order valence-corrected chi connectivity index (χ3v) is 4.45. The van der Waals surface area contributed by atoms with Crippen LogP contribution in [-0.4, -0.2) is 25.0 Å². The van der Waals surface area contributed by atoms with E-state index in [9.17, 15) is 19.2 Å². The Labute approximate surface area is 196 Å². The van der Waals surface area contributed by atoms with Crippen molar-refractivity contribution < 1.29 is 23.5 Å². The molecule has 3 rings (SSSR count). The molecule has 7 nitrogen and oxygen atoms in total. The predicted molar refractivity (Wildman–Crippen MR) is 127 cm³/mol. The Hall–Kier alpha value is -4.64. The Kier molecular flexibility index (Phi) is 8.36. The van der Waals surface area contributed by atoms with Gasteiger partial charge in [0.2, 0.25) is 5.91 Å². The van der Waals surface area contributed by atoms with Gasteiger partial charge in [0, 0.05) is 18.3 Å². The van der Waals surface area contributed by atoms with Crippen molar-refractivity contribution in [2.75, 3.05) is 23.8 Å². The molecule has 3 aromatic carbocycles. The number of hydrogen-bond acceptors (Lipinski definition) is 5. The number of hydrogen-bond donors (Lipinski definition) is 2. The quantitative estimate of drug-likeness (QED) is 0.272. The van der Waals surface area contributed by atoms with Crippen molar-refractivity contribution >= 4 is 29.3 Å². The molecular weight excluding hydrogens is 437 g/mol. The summed E-state index contributed by atoms with van der Waals surface area (Å²) in [5, 5.41) is 14.6. The van der Waals surface area contributed by atoms with Crippen molar-refractivity contribution in [2.24, 2.45) is 0 Å². The van der Waals surface area contributed by atoms with Gasteiger partial charge in [-0.1, -0.05) is 12.1 Å². The van der Waals surface area contributed by atoms with Gasteiger partial charge in [-0.05, 0) is 72.3 Å². The summed E-state index contributed by atoms with van der Waals surface area (Å²) < 4.78 is 24.2. The second kappa shape index (κ2) is 11.8. The fourth-order valence-corrected chi connectivity index (χ4v) is 2.86. The van der Waals surface area contributed by atoms with Crippen LogP contribution >= 0.6 is 0 Å². The molecule has 0 aromatic heterocycles. The first-order valence-corrected chi connectivity index (χ1v) is 10.3. The zero-order valence-corrected chi connectivity index (χ0v) is 18.4. The van der Waals surface area contributed by atoms with Crippen LogP contribution in [0.3, 0.4) is 0 Å². The zero-order valence-electron chi connectivity index (χ0n) is 18.4. The van der Waals surface area contributed by atoms with E-state index in [0.717, 1.165) is 0 Å². The van der Waals surface area contributed by atoms with Gasteiger partial charge < -0.3 is 20.1 Å². The molecule has 0 fully saturated rings. The fraction of sp³-hybridized carbons (Fsp3) is 0.115. The summed E-state index contributed by atoms with van der Waals surface area (Å²) in [5.74, 6) is 0.120. The van der Waals surface area contributed by atoms with E-state index in [1.807, 2.05) is 6.07 Å². The predicted octanol–water partition coefficient (Wildman–Crippen LogP) is 4.79. The maximum Gasteiger partial charge on any atom is 0.266 e. The van der Waals surface area contributed by atoms with E-state index < -0.39 is 11.7 Å². The third-order valence-electron chi connectivity index (χ3n) is 4.45. The molecule has 0 unspecified atom stereocenters. The van der Waals surface area contributed by atoms with Crippen LogP contribution in [0, 0.1) is 17.1 Å². The SMILES string of the molecule is CC(=O)Nc1ccc(OCCOc2ccc(C=C(C#N)C(=O)Nc3ccc(F)cc3)cc2)cc1. The lowest BCUT2D eigenvalue weighted by Gasteiger charge is -2.09. The molecule has 0 aliphatic heterocycles. The van der Waals surface area contributed by atoms with Crippen molar-refractivity contribution in [3.63, 3.8) is 0 Å². The van der Waals surface area contributed by atoms with Crippen molar-refractivity contribution in [2.45, 2.75) is 6.92 Å². The molecule has 2 N–H and O–H groups in total. The van der Waals surface area contributed by atoms with Crippen LogP contribution in [0.2, 0.25) is 0 Å². The lowest BCUT2D eigenvalue weighted by atomic mass is 10.1. The first-order chi connectivity index (χ1) is 16.4. The highest BCUT2D eigenvalue weighted by atomic mass is 19.1. The maximum absolute atomic E-state index is 13.0. The summed E-state index contributed by atoms with van der Waals surface area (Å²) in [6.45, 7) is 2.08. The van der Waals surface area contributed by atoms with Gasteiger partial charge in [0.15, 0.2) is 0 Å². The number of nitrogens with zero attached hydrogens (tertiary/aromatic N) is 1. The molecule has 0 spiro atoms. The van der Waals surface area contributed by atoms with Crippen LogP contribution in [0.15, 0.2) is 78.4 Å². The van der Waals surface area contributed by atoms with E-state index in [2.05, 4.69) is 10.6 Å². The summed E-state index contributed by atoms with van der Waals surface area (Å²) in [5.41, 5.74) is 1.64. The number of ether oxygens (including phenoxy) is 2. The van der Waals surface area contributed by atoms with Gasteiger partial charge >= 0.3 is 0 Å². The fourth-order valence-electron chi connectivity index (χ4n) is 2.86. The molecule has 0 radical (unpaired) electrons. The molecule has 34 heavy (non-hydrogen) atoms. The number of amides is 2. The van der Waals surface area contributed by atoms with Gasteiger partial charge in [-0.2, -0.15) is 5.26 Å². The Morgan fingerprint density at radius 1 is 0.853 bits per heavy atom. The molecule has 3 aromatic rings. The average molecular weight is 459 g/mol. The lowest BCUT2D eigenvalue weighted by Crippen LogP contribution is -2.13. The van der Waals surface area contributed by atoms with Gasteiger partial charge in [0.05, 0.1) is 0 Å². The first kappa shape index (κ1) is 24.0. The molecule has 0 aliphatic rings. The second-order valence-corrected chi connectivity index (χ2v) is 7.10. The lowest BCUT2D eigenvalue weighted by molar-refractivity contribution is -0.114. The van der Waals surface area contributed by atoms with Crippen LogP contribution in [0.25, 0.3) is 6.08 Å². The number of nitriles is 1. The van der Waals surface area contributed by atoms with Crippen molar-refractivity contribution in [1.82, 2.24) is 0 Å². The Morgan fingerprint density at radius 3 is 1.88 bits per heavy atom. The number of benzene rings is 3. The summed E-state index contributed by atoms with van der Waals surface area (Å²) in [7, 11) is 0. The molecule has 2 amide bonds. The highest BCUT2D eigenvalue weighted by Crippen LogP contribution is 2.17. The van der Waals surface area contributed by atoms with Crippen LogP contribution in [-0.2, 0) is 9.59 Å². The Bertz CT molecular complexity index is 1200. The Morgan fingerprint density at radius 2 is 1.35 bits per heavy atom. The molecule has 0 heterocycles. The third kappa shape index (κ3) is 7.50. The minimum Gasteiger partial charge on any atom is -0.490 e. The first-order valence-electron chi connectivity index (χ1n) is 10.3. The van der Waals surface area contributed by atoms with E-state index in [0.29, 0.717) is 41.7 Å². The molecular formula is C26H22FN3O4. The van der Waals surface area contributed by atoms with E-state index >= 15 is 0 Å². The minimum atomic E-state index is -0.586. The standard InChI is InChI=1S/C26H22FN3O4/c1-18(31)29-22-8-12-25(13-9-22)34-15-14-33-24-10-2-19(3-11-24)16-20(17-28)26(32)30-23-6-4-21(27)5-7-23/h2-13,16H,14-15H2,1H3,(H,29,31)(H,30,32). The zero-order chi connectivity index (χ0) is 24.3. The van der Waals surface area contributed by atoms with E-state index in [1.165, 1.54) is 37.3 Å². The number of carbonyl (C=O) groups excluding carboxylic acids is 2. The summed E-state index contributed by atoms with van der Waals surface area (Å²) in [6.07, 6.45) is 1.45. The summed E-state index contributed by atoms with van der Waals surface area (Å²) in [4.78, 5) is 23.3. The highest BCUT2D eigenvalue weighted by molar-refractivity contribution is 6.09. The van der Waals surface area contributed by atoms with Gasteiger partial charge in [0.1, 0.15) is 42.2 Å². The molecule has 0 bridgehead atoms. The van der Waals surface area contributed by atoms with Crippen LogP contribution in [0.1, 0.15) is 12.5 Å². The topological polar surface area (TPSA) is 100 Å². The maximum atomic E-state index is 13.0. The highest BCUT2D eigenvalue weighted by Gasteiger charge is 2.10. The van der Waals surface area contributed by atoms with Gasteiger partial charge in [-0.25, -0.2) is 4.39 Å². The smallest absolute Gasteiger partial charge is 0.266 e. The van der Waals surface area contributed by atoms with Crippen molar-refractivity contribution in [3.05, 3.63) is 89.8 Å². The van der Waals surface area contributed by atoms with Crippen LogP contribution < -0.4 is 20.1 Å². The number of halogens is 1. The van der Waals surface area contributed by atoms with Crippen LogP contribution in [0.4, 0.5) is 15.8 Å². The second-order valence-electron chi connectivity index (χ2n) is 7.10. The monoisotopic (exact) mass is 459 g/mol. The van der Waals surface area contributed by atoms with Crippen molar-refractivity contribution in [3.8, 4) is 17.6 Å². The largest absolute Gasteiger partial charge is 0.490 e. The molecule has 172 valence electrons. The number of nitrogens with one attached hydrogen (secondary N) is 2. The molecule has 0 saturated heterocycles. The van der Waals surface area contributed by atoms with Crippen molar-refractivity contribution in [1.29, 1.82) is 5.26 Å². The Balaban J connectivity index is 1.48.